The van der Waals surface area contributed by atoms with Crippen LogP contribution in [0.2, 0.25) is 0 Å². The first-order valence-electron chi connectivity index (χ1n) is 6.55. The second-order valence-electron chi connectivity index (χ2n) is 4.48. The summed E-state index contributed by atoms with van der Waals surface area (Å²) in [5, 5.41) is 0. The van der Waals surface area contributed by atoms with Crippen molar-refractivity contribution in [2.75, 3.05) is 0 Å². The normalized spacial score (nSPS) is 10.6. The standard InChI is InChI=1S/C17H15NOS/c1-3-7-14(8-4-1)11-17-18-12-15(19-17)13-20-16-9-5-2-6-10-16/h1-10,12H,11,13H2. The van der Waals surface area contributed by atoms with Crippen LogP contribution in [0.5, 0.6) is 0 Å². The molecule has 3 rings (SSSR count). The lowest BCUT2D eigenvalue weighted by atomic mass is 10.2. The molecule has 0 atom stereocenters. The molecule has 3 aromatic rings. The van der Waals surface area contributed by atoms with Gasteiger partial charge in [-0.3, -0.25) is 0 Å². The first-order chi connectivity index (χ1) is 9.90. The van der Waals surface area contributed by atoms with Crippen molar-refractivity contribution in [3.63, 3.8) is 0 Å². The fourth-order valence-corrected chi connectivity index (χ4v) is 2.73. The smallest absolute Gasteiger partial charge is 0.198 e. The monoisotopic (exact) mass is 281 g/mol. The minimum atomic E-state index is 0.747. The van der Waals surface area contributed by atoms with Crippen LogP contribution in [-0.2, 0) is 12.2 Å². The van der Waals surface area contributed by atoms with Crippen molar-refractivity contribution in [2.45, 2.75) is 17.1 Å². The van der Waals surface area contributed by atoms with E-state index in [1.807, 2.05) is 42.6 Å². The van der Waals surface area contributed by atoms with Crippen LogP contribution in [-0.4, -0.2) is 4.98 Å². The van der Waals surface area contributed by atoms with E-state index in [9.17, 15) is 0 Å². The highest BCUT2D eigenvalue weighted by atomic mass is 32.2. The topological polar surface area (TPSA) is 26.0 Å². The van der Waals surface area contributed by atoms with Crippen LogP contribution in [0.15, 0.2) is 76.2 Å². The molecule has 100 valence electrons. The molecule has 2 nitrogen and oxygen atoms in total. The van der Waals surface area contributed by atoms with Gasteiger partial charge in [-0.2, -0.15) is 0 Å². The number of thioether (sulfide) groups is 1. The SMILES string of the molecule is c1ccc(Cc2ncc(CSc3ccccc3)o2)cc1. The third-order valence-corrected chi connectivity index (χ3v) is 3.96. The molecule has 0 aliphatic carbocycles. The minimum absolute atomic E-state index is 0.747. The molecule has 2 aromatic carbocycles. The van der Waals surface area contributed by atoms with Crippen LogP contribution in [0.25, 0.3) is 0 Å². The van der Waals surface area contributed by atoms with Gasteiger partial charge in [0, 0.05) is 11.3 Å². The average Bonchev–Trinajstić information content (AvgIpc) is 2.95. The predicted molar refractivity (Wildman–Crippen MR) is 81.8 cm³/mol. The van der Waals surface area contributed by atoms with E-state index in [1.165, 1.54) is 10.5 Å². The summed E-state index contributed by atoms with van der Waals surface area (Å²) in [7, 11) is 0. The summed E-state index contributed by atoms with van der Waals surface area (Å²) in [4.78, 5) is 5.59. The van der Waals surface area contributed by atoms with Crippen molar-refractivity contribution in [3.8, 4) is 0 Å². The molecule has 20 heavy (non-hydrogen) atoms. The Morgan fingerprint density at radius 1 is 0.900 bits per heavy atom. The maximum Gasteiger partial charge on any atom is 0.198 e. The van der Waals surface area contributed by atoms with Crippen molar-refractivity contribution in [1.82, 2.24) is 4.98 Å². The van der Waals surface area contributed by atoms with Crippen molar-refractivity contribution in [1.29, 1.82) is 0 Å². The van der Waals surface area contributed by atoms with E-state index in [0.717, 1.165) is 23.8 Å². The number of hydrogen-bond donors (Lipinski definition) is 0. The van der Waals surface area contributed by atoms with Crippen LogP contribution in [0.4, 0.5) is 0 Å². The van der Waals surface area contributed by atoms with E-state index < -0.39 is 0 Å². The number of hydrogen-bond acceptors (Lipinski definition) is 3. The van der Waals surface area contributed by atoms with Gasteiger partial charge in [0.05, 0.1) is 11.9 Å². The van der Waals surface area contributed by atoms with Gasteiger partial charge < -0.3 is 4.42 Å². The van der Waals surface area contributed by atoms with Crippen LogP contribution < -0.4 is 0 Å². The number of aromatic nitrogens is 1. The van der Waals surface area contributed by atoms with Gasteiger partial charge >= 0.3 is 0 Å². The molecule has 0 aliphatic rings. The predicted octanol–water partition coefficient (Wildman–Crippen LogP) is 4.56. The largest absolute Gasteiger partial charge is 0.444 e. The van der Waals surface area contributed by atoms with Gasteiger partial charge in [0.25, 0.3) is 0 Å². The highest BCUT2D eigenvalue weighted by Crippen LogP contribution is 2.23. The Bertz CT molecular complexity index is 649. The Morgan fingerprint density at radius 2 is 1.60 bits per heavy atom. The zero-order valence-corrected chi connectivity index (χ0v) is 11.8. The molecule has 0 unspecified atom stereocenters. The van der Waals surface area contributed by atoms with E-state index in [1.54, 1.807) is 11.8 Å². The van der Waals surface area contributed by atoms with Crippen molar-refractivity contribution in [2.24, 2.45) is 0 Å². The molecule has 0 fully saturated rings. The highest BCUT2D eigenvalue weighted by molar-refractivity contribution is 7.98. The molecular formula is C17H15NOS. The lowest BCUT2D eigenvalue weighted by Gasteiger charge is -1.98. The Balaban J connectivity index is 1.60. The van der Waals surface area contributed by atoms with Gasteiger partial charge in [-0.15, -0.1) is 11.8 Å². The lowest BCUT2D eigenvalue weighted by molar-refractivity contribution is 0.478. The van der Waals surface area contributed by atoms with Gasteiger partial charge in [0.2, 0.25) is 0 Å². The van der Waals surface area contributed by atoms with Crippen LogP contribution in [0, 0.1) is 0 Å². The Labute approximate surface area is 122 Å². The average molecular weight is 281 g/mol. The van der Waals surface area contributed by atoms with Gasteiger partial charge in [-0.1, -0.05) is 48.5 Å². The van der Waals surface area contributed by atoms with Gasteiger partial charge in [0.1, 0.15) is 5.76 Å². The summed E-state index contributed by atoms with van der Waals surface area (Å²) in [6.07, 6.45) is 2.57. The maximum absolute atomic E-state index is 5.78. The maximum atomic E-state index is 5.78. The molecule has 0 aliphatic heterocycles. The summed E-state index contributed by atoms with van der Waals surface area (Å²) >= 11 is 1.76. The van der Waals surface area contributed by atoms with Crippen LogP contribution in [0.3, 0.4) is 0 Å². The van der Waals surface area contributed by atoms with Gasteiger partial charge in [-0.25, -0.2) is 4.98 Å². The van der Waals surface area contributed by atoms with E-state index in [2.05, 4.69) is 29.2 Å². The fourth-order valence-electron chi connectivity index (χ4n) is 1.94. The van der Waals surface area contributed by atoms with E-state index >= 15 is 0 Å². The Hall–Kier alpha value is -2.00. The summed E-state index contributed by atoms with van der Waals surface area (Å²) in [6, 6.07) is 20.6. The lowest BCUT2D eigenvalue weighted by Crippen LogP contribution is -1.86. The molecule has 0 amide bonds. The summed E-state index contributed by atoms with van der Waals surface area (Å²) in [5.74, 6) is 2.51. The molecule has 0 N–H and O–H groups in total. The van der Waals surface area contributed by atoms with Crippen LogP contribution >= 0.6 is 11.8 Å². The van der Waals surface area contributed by atoms with Crippen LogP contribution in [0.1, 0.15) is 17.2 Å². The minimum Gasteiger partial charge on any atom is -0.444 e. The first kappa shape index (κ1) is 13.0. The third-order valence-electron chi connectivity index (χ3n) is 2.92. The van der Waals surface area contributed by atoms with E-state index in [4.69, 9.17) is 4.42 Å². The zero-order valence-electron chi connectivity index (χ0n) is 11.0. The molecule has 3 heteroatoms. The molecule has 1 heterocycles. The molecule has 0 spiro atoms. The van der Waals surface area contributed by atoms with Crippen molar-refractivity contribution >= 4 is 11.8 Å². The van der Waals surface area contributed by atoms with Crippen molar-refractivity contribution in [3.05, 3.63) is 84.1 Å². The second kappa shape index (κ2) is 6.44. The summed E-state index contributed by atoms with van der Waals surface area (Å²) < 4.78 is 5.78. The summed E-state index contributed by atoms with van der Waals surface area (Å²) in [5.41, 5.74) is 1.22. The number of benzene rings is 2. The highest BCUT2D eigenvalue weighted by Gasteiger charge is 2.05. The molecule has 0 saturated heterocycles. The van der Waals surface area contributed by atoms with Gasteiger partial charge in [0.15, 0.2) is 5.89 Å². The van der Waals surface area contributed by atoms with E-state index in [0.29, 0.717) is 0 Å². The molecule has 0 radical (unpaired) electrons. The zero-order chi connectivity index (χ0) is 13.6. The second-order valence-corrected chi connectivity index (χ2v) is 5.53. The van der Waals surface area contributed by atoms with Gasteiger partial charge in [-0.05, 0) is 17.7 Å². The Morgan fingerprint density at radius 3 is 2.35 bits per heavy atom. The molecular weight excluding hydrogens is 266 g/mol. The molecule has 0 bridgehead atoms. The van der Waals surface area contributed by atoms with E-state index in [-0.39, 0.29) is 0 Å². The number of oxazole rings is 1. The fraction of sp³-hybridized carbons (Fsp3) is 0.118. The van der Waals surface area contributed by atoms with Crippen molar-refractivity contribution < 1.29 is 4.42 Å². The summed E-state index contributed by atoms with van der Waals surface area (Å²) in [6.45, 7) is 0. The third kappa shape index (κ3) is 3.52. The molecule has 1 aromatic heterocycles. The quantitative estimate of drug-likeness (QED) is 0.641. The first-order valence-corrected chi connectivity index (χ1v) is 7.54. The molecule has 0 saturated carbocycles. The Kier molecular flexibility index (Phi) is 4.19. The number of nitrogens with zero attached hydrogens (tertiary/aromatic N) is 1. The number of rotatable bonds is 5.